The van der Waals surface area contributed by atoms with Gasteiger partial charge < -0.3 is 23.7 Å². The van der Waals surface area contributed by atoms with E-state index in [1.165, 1.54) is 25.2 Å². The first kappa shape index (κ1) is 24.9. The predicted molar refractivity (Wildman–Crippen MR) is 101 cm³/mol. The van der Waals surface area contributed by atoms with Gasteiger partial charge in [0.1, 0.15) is 12.2 Å². The molecule has 0 bridgehead atoms. The van der Waals surface area contributed by atoms with E-state index in [1.807, 2.05) is 0 Å². The zero-order chi connectivity index (χ0) is 22.8. The Morgan fingerprint density at radius 1 is 0.933 bits per heavy atom. The third kappa shape index (κ3) is 8.89. The second kappa shape index (κ2) is 11.7. The van der Waals surface area contributed by atoms with E-state index in [9.17, 15) is 24.0 Å². The van der Waals surface area contributed by atoms with Gasteiger partial charge in [-0.3, -0.25) is 19.2 Å². The topological polar surface area (TPSA) is 132 Å². The quantitative estimate of drug-likeness (QED) is 0.300. The summed E-state index contributed by atoms with van der Waals surface area (Å²) >= 11 is 0. The average molecular weight is 426 g/mol. The smallest absolute Gasteiger partial charge is 0.331 e. The summed E-state index contributed by atoms with van der Waals surface area (Å²) in [6, 6.07) is 0. The van der Waals surface area contributed by atoms with E-state index in [2.05, 4.69) is 0 Å². The van der Waals surface area contributed by atoms with Crippen LogP contribution in [0.25, 0.3) is 0 Å². The highest BCUT2D eigenvalue weighted by Crippen LogP contribution is 2.21. The van der Waals surface area contributed by atoms with Crippen molar-refractivity contribution in [3.05, 3.63) is 24.3 Å². The number of esters is 5. The number of carbonyl (C=O) groups excluding carboxylic acids is 5. The molecule has 5 atom stereocenters. The van der Waals surface area contributed by atoms with Crippen molar-refractivity contribution in [2.24, 2.45) is 0 Å². The van der Waals surface area contributed by atoms with Gasteiger partial charge in [-0.1, -0.05) is 6.08 Å². The van der Waals surface area contributed by atoms with Gasteiger partial charge in [-0.25, -0.2) is 4.79 Å². The van der Waals surface area contributed by atoms with Crippen LogP contribution < -0.4 is 0 Å². The SMILES string of the molecule is CC(=O)O[C@H]([C@@H](OC(C)=O)[C@@H](/C=C/[C@@H]1CC=CC(=O)O1)OC(C)=O)[C@H](C)OC(C)=O. The van der Waals surface area contributed by atoms with E-state index in [1.54, 1.807) is 6.08 Å². The molecule has 0 N–H and O–H groups in total. The molecule has 0 aromatic heterocycles. The third-order valence-electron chi connectivity index (χ3n) is 3.77. The Kier molecular flexibility index (Phi) is 9.73. The van der Waals surface area contributed by atoms with Crippen LogP contribution in [0.15, 0.2) is 24.3 Å². The standard InChI is InChI=1S/C20H26O10/c1-11(26-12(2)21)19(28-14(4)23)20(29-15(5)24)17(27-13(3)22)10-9-16-7-6-8-18(25)30-16/h6,8-11,16-17,19-20H,7H2,1-5H3/b10-9+/t11-,16-,17+,19-,20-/m0/s1. The Labute approximate surface area is 174 Å². The van der Waals surface area contributed by atoms with Gasteiger partial charge in [0.25, 0.3) is 0 Å². The highest BCUT2D eigenvalue weighted by Gasteiger charge is 2.40. The molecule has 1 heterocycles. The number of cyclic esters (lactones) is 1. The van der Waals surface area contributed by atoms with Crippen molar-refractivity contribution < 1.29 is 47.7 Å². The second-order valence-electron chi connectivity index (χ2n) is 6.54. The summed E-state index contributed by atoms with van der Waals surface area (Å²) in [5.74, 6) is -3.36. The molecule has 1 aliphatic heterocycles. The van der Waals surface area contributed by atoms with Crippen LogP contribution in [0, 0.1) is 0 Å². The zero-order valence-corrected chi connectivity index (χ0v) is 17.5. The van der Waals surface area contributed by atoms with Crippen molar-refractivity contribution in [1.29, 1.82) is 0 Å². The molecule has 0 amide bonds. The number of ether oxygens (including phenoxy) is 5. The van der Waals surface area contributed by atoms with E-state index in [0.717, 1.165) is 27.7 Å². The molecule has 0 saturated heterocycles. The molecule has 10 nitrogen and oxygen atoms in total. The fourth-order valence-electron chi connectivity index (χ4n) is 2.76. The van der Waals surface area contributed by atoms with Crippen LogP contribution in [0.5, 0.6) is 0 Å². The van der Waals surface area contributed by atoms with Gasteiger partial charge in [-0.05, 0) is 19.1 Å². The summed E-state index contributed by atoms with van der Waals surface area (Å²) in [5.41, 5.74) is 0. The first-order valence-corrected chi connectivity index (χ1v) is 9.24. The van der Waals surface area contributed by atoms with E-state index >= 15 is 0 Å². The van der Waals surface area contributed by atoms with Crippen LogP contribution in [0.3, 0.4) is 0 Å². The molecule has 0 radical (unpaired) electrons. The van der Waals surface area contributed by atoms with Crippen LogP contribution in [0.1, 0.15) is 41.0 Å². The summed E-state index contributed by atoms with van der Waals surface area (Å²) < 4.78 is 26.0. The Morgan fingerprint density at radius 2 is 1.47 bits per heavy atom. The van der Waals surface area contributed by atoms with Gasteiger partial charge in [0, 0.05) is 40.2 Å². The molecule has 166 valence electrons. The lowest BCUT2D eigenvalue weighted by Crippen LogP contribution is -2.50. The maximum absolute atomic E-state index is 11.7. The molecule has 0 aliphatic carbocycles. The molecule has 1 rings (SSSR count). The fourth-order valence-corrected chi connectivity index (χ4v) is 2.76. The molecular formula is C20H26O10. The first-order chi connectivity index (χ1) is 14.0. The molecule has 0 aromatic rings. The van der Waals surface area contributed by atoms with E-state index in [0.29, 0.717) is 6.42 Å². The first-order valence-electron chi connectivity index (χ1n) is 9.24. The Bertz CT molecular complexity index is 723. The van der Waals surface area contributed by atoms with Gasteiger partial charge in [0.15, 0.2) is 18.3 Å². The highest BCUT2D eigenvalue weighted by atomic mass is 16.6. The van der Waals surface area contributed by atoms with Gasteiger partial charge in [-0.2, -0.15) is 0 Å². The van der Waals surface area contributed by atoms with Crippen molar-refractivity contribution in [1.82, 2.24) is 0 Å². The normalized spacial score (nSPS) is 19.8. The fraction of sp³-hybridized carbons (Fsp3) is 0.550. The Hall–Kier alpha value is -3.17. The molecular weight excluding hydrogens is 400 g/mol. The highest BCUT2D eigenvalue weighted by molar-refractivity contribution is 5.83. The van der Waals surface area contributed by atoms with Gasteiger partial charge in [-0.15, -0.1) is 0 Å². The third-order valence-corrected chi connectivity index (χ3v) is 3.77. The summed E-state index contributed by atoms with van der Waals surface area (Å²) in [7, 11) is 0. The summed E-state index contributed by atoms with van der Waals surface area (Å²) in [6.45, 7) is 6.00. The summed E-state index contributed by atoms with van der Waals surface area (Å²) in [6.07, 6.45) is 0.629. The van der Waals surface area contributed by atoms with Crippen molar-refractivity contribution in [2.45, 2.75) is 71.6 Å². The van der Waals surface area contributed by atoms with Gasteiger partial charge in [0.05, 0.1) is 0 Å². The number of carbonyl (C=O) groups is 5. The van der Waals surface area contributed by atoms with Crippen molar-refractivity contribution in [3.63, 3.8) is 0 Å². The van der Waals surface area contributed by atoms with Crippen LogP contribution >= 0.6 is 0 Å². The largest absolute Gasteiger partial charge is 0.459 e. The minimum absolute atomic E-state index is 0.393. The van der Waals surface area contributed by atoms with Crippen molar-refractivity contribution in [2.75, 3.05) is 0 Å². The van der Waals surface area contributed by atoms with Crippen molar-refractivity contribution >= 4 is 29.8 Å². The average Bonchev–Trinajstić information content (AvgIpc) is 2.60. The number of hydrogen-bond acceptors (Lipinski definition) is 10. The molecule has 0 saturated carbocycles. The second-order valence-corrected chi connectivity index (χ2v) is 6.54. The van der Waals surface area contributed by atoms with E-state index < -0.39 is 60.4 Å². The van der Waals surface area contributed by atoms with Crippen LogP contribution in [0.2, 0.25) is 0 Å². The van der Waals surface area contributed by atoms with E-state index in [-0.39, 0.29) is 0 Å². The minimum atomic E-state index is -1.34. The molecule has 30 heavy (non-hydrogen) atoms. The van der Waals surface area contributed by atoms with E-state index in [4.69, 9.17) is 23.7 Å². The van der Waals surface area contributed by atoms with Crippen molar-refractivity contribution in [3.8, 4) is 0 Å². The maximum atomic E-state index is 11.7. The molecule has 0 aromatic carbocycles. The molecule has 1 aliphatic rings. The predicted octanol–water partition coefficient (Wildman–Crippen LogP) is 1.16. The molecule has 0 spiro atoms. The van der Waals surface area contributed by atoms with Crippen LogP contribution in [0.4, 0.5) is 0 Å². The molecule has 0 unspecified atom stereocenters. The minimum Gasteiger partial charge on any atom is -0.459 e. The number of rotatable bonds is 9. The number of hydrogen-bond donors (Lipinski definition) is 0. The van der Waals surface area contributed by atoms with Crippen LogP contribution in [-0.4, -0.2) is 60.4 Å². The lowest BCUT2D eigenvalue weighted by molar-refractivity contribution is -0.193. The lowest BCUT2D eigenvalue weighted by Gasteiger charge is -2.33. The molecule has 0 fully saturated rings. The summed E-state index contributed by atoms with van der Waals surface area (Å²) in [5, 5.41) is 0. The monoisotopic (exact) mass is 426 g/mol. The zero-order valence-electron chi connectivity index (χ0n) is 17.5. The Morgan fingerprint density at radius 3 is 1.97 bits per heavy atom. The maximum Gasteiger partial charge on any atom is 0.331 e. The Balaban J connectivity index is 3.26. The summed E-state index contributed by atoms with van der Waals surface area (Å²) in [4.78, 5) is 57.8. The lowest BCUT2D eigenvalue weighted by atomic mass is 10.0. The van der Waals surface area contributed by atoms with Gasteiger partial charge in [0.2, 0.25) is 0 Å². The van der Waals surface area contributed by atoms with Crippen LogP contribution in [-0.2, 0) is 47.7 Å². The van der Waals surface area contributed by atoms with Gasteiger partial charge >= 0.3 is 29.8 Å². The molecule has 10 heteroatoms.